The molecule has 1 N–H and O–H groups in total. The molecule has 0 saturated heterocycles. The Kier molecular flexibility index (Phi) is 4.15. The summed E-state index contributed by atoms with van der Waals surface area (Å²) in [6, 6.07) is 4.49. The molecule has 0 bridgehead atoms. The van der Waals surface area contributed by atoms with E-state index in [4.69, 9.17) is 4.98 Å². The van der Waals surface area contributed by atoms with Crippen molar-refractivity contribution >= 4 is 11.3 Å². The monoisotopic (exact) mass is 260 g/mol. The second-order valence-electron chi connectivity index (χ2n) is 4.66. The molecule has 0 radical (unpaired) electrons. The van der Waals surface area contributed by atoms with Crippen LogP contribution in [0.4, 0.5) is 0 Å². The van der Waals surface area contributed by atoms with Gasteiger partial charge in [0.15, 0.2) is 0 Å². The fourth-order valence-electron chi connectivity index (χ4n) is 1.98. The Morgan fingerprint density at radius 2 is 1.83 bits per heavy atom. The molecule has 2 rings (SSSR count). The van der Waals surface area contributed by atoms with Gasteiger partial charge in [0.25, 0.3) is 0 Å². The molecule has 96 valence electrons. The molecule has 0 fully saturated rings. The van der Waals surface area contributed by atoms with Gasteiger partial charge in [-0.2, -0.15) is 0 Å². The topological polar surface area (TPSA) is 24.9 Å². The molecule has 0 atom stereocenters. The van der Waals surface area contributed by atoms with Gasteiger partial charge in [-0.05, 0) is 50.1 Å². The van der Waals surface area contributed by atoms with E-state index in [0.29, 0.717) is 0 Å². The Labute approximate surface area is 113 Å². The van der Waals surface area contributed by atoms with Crippen molar-refractivity contribution in [3.63, 3.8) is 0 Å². The zero-order valence-electron chi connectivity index (χ0n) is 11.5. The van der Waals surface area contributed by atoms with Crippen LogP contribution >= 0.6 is 11.3 Å². The van der Waals surface area contributed by atoms with Gasteiger partial charge in [-0.3, -0.25) is 0 Å². The molecule has 1 aromatic carbocycles. The first-order valence-corrected chi connectivity index (χ1v) is 7.23. The molecular weight excluding hydrogens is 240 g/mol. The van der Waals surface area contributed by atoms with E-state index >= 15 is 0 Å². The molecule has 2 aromatic rings. The van der Waals surface area contributed by atoms with E-state index in [-0.39, 0.29) is 0 Å². The number of hydrogen-bond donors (Lipinski definition) is 1. The molecule has 0 aliphatic heterocycles. The summed E-state index contributed by atoms with van der Waals surface area (Å²) >= 11 is 1.73. The molecular formula is C15H20N2S. The highest BCUT2D eigenvalue weighted by Crippen LogP contribution is 2.27. The lowest BCUT2D eigenvalue weighted by Gasteiger charge is -2.07. The number of nitrogens with one attached hydrogen (secondary N) is 1. The Hall–Kier alpha value is -1.19. The van der Waals surface area contributed by atoms with Gasteiger partial charge in [0, 0.05) is 17.5 Å². The highest BCUT2D eigenvalue weighted by Gasteiger charge is 2.08. The van der Waals surface area contributed by atoms with Crippen molar-refractivity contribution in [2.75, 3.05) is 6.54 Å². The van der Waals surface area contributed by atoms with Gasteiger partial charge in [-0.15, -0.1) is 11.3 Å². The van der Waals surface area contributed by atoms with Crippen molar-refractivity contribution < 1.29 is 0 Å². The zero-order valence-corrected chi connectivity index (χ0v) is 12.3. The summed E-state index contributed by atoms with van der Waals surface area (Å²) in [5.74, 6) is 0. The third-order valence-corrected chi connectivity index (χ3v) is 4.04. The molecule has 18 heavy (non-hydrogen) atoms. The van der Waals surface area contributed by atoms with Crippen LogP contribution in [0, 0.1) is 20.8 Å². The minimum absolute atomic E-state index is 0.866. The normalized spacial score (nSPS) is 10.9. The minimum atomic E-state index is 0.866. The molecule has 0 amide bonds. The summed E-state index contributed by atoms with van der Waals surface area (Å²) in [7, 11) is 0. The van der Waals surface area contributed by atoms with Gasteiger partial charge in [0.05, 0.1) is 5.69 Å². The van der Waals surface area contributed by atoms with Crippen LogP contribution in [-0.4, -0.2) is 11.5 Å². The van der Waals surface area contributed by atoms with E-state index in [1.165, 1.54) is 22.3 Å². The van der Waals surface area contributed by atoms with Gasteiger partial charge in [0.2, 0.25) is 0 Å². The third-order valence-electron chi connectivity index (χ3n) is 3.19. The van der Waals surface area contributed by atoms with E-state index in [0.717, 1.165) is 23.8 Å². The van der Waals surface area contributed by atoms with E-state index in [9.17, 15) is 0 Å². The molecule has 1 aromatic heterocycles. The third kappa shape index (κ3) is 2.79. The first-order valence-electron chi connectivity index (χ1n) is 6.35. The quantitative estimate of drug-likeness (QED) is 0.903. The van der Waals surface area contributed by atoms with E-state index < -0.39 is 0 Å². The summed E-state index contributed by atoms with van der Waals surface area (Å²) < 4.78 is 0. The predicted molar refractivity (Wildman–Crippen MR) is 79.1 cm³/mol. The minimum Gasteiger partial charge on any atom is -0.311 e. The van der Waals surface area contributed by atoms with Crippen molar-refractivity contribution in [1.82, 2.24) is 10.3 Å². The maximum Gasteiger partial charge on any atom is 0.107 e. The van der Waals surface area contributed by atoms with E-state index in [1.54, 1.807) is 11.3 Å². The lowest BCUT2D eigenvalue weighted by Crippen LogP contribution is -2.11. The maximum absolute atomic E-state index is 4.71. The zero-order chi connectivity index (χ0) is 13.1. The largest absolute Gasteiger partial charge is 0.311 e. The summed E-state index contributed by atoms with van der Waals surface area (Å²) in [4.78, 5) is 4.71. The fourth-order valence-corrected chi connectivity index (χ4v) is 2.75. The number of aromatic nitrogens is 1. The summed E-state index contributed by atoms with van der Waals surface area (Å²) in [6.07, 6.45) is 0. The van der Waals surface area contributed by atoms with Crippen LogP contribution in [0.3, 0.4) is 0 Å². The molecule has 0 saturated carbocycles. The summed E-state index contributed by atoms with van der Waals surface area (Å²) in [5, 5.41) is 6.63. The standard InChI is InChI=1S/C15H20N2S/c1-5-16-8-15-17-14(9-18-15)13-7-11(3)10(2)6-12(13)4/h6-7,9,16H,5,8H2,1-4H3. The lowest BCUT2D eigenvalue weighted by atomic mass is 9.99. The van der Waals surface area contributed by atoms with Crippen LogP contribution < -0.4 is 5.32 Å². The number of benzene rings is 1. The van der Waals surface area contributed by atoms with Crippen molar-refractivity contribution in [3.05, 3.63) is 39.2 Å². The van der Waals surface area contributed by atoms with E-state index in [1.807, 2.05) is 0 Å². The van der Waals surface area contributed by atoms with Gasteiger partial charge < -0.3 is 5.32 Å². The highest BCUT2D eigenvalue weighted by molar-refractivity contribution is 7.09. The second-order valence-corrected chi connectivity index (χ2v) is 5.60. The highest BCUT2D eigenvalue weighted by atomic mass is 32.1. The number of aryl methyl sites for hydroxylation is 3. The number of thiazole rings is 1. The van der Waals surface area contributed by atoms with Crippen LogP contribution in [0.25, 0.3) is 11.3 Å². The molecule has 2 nitrogen and oxygen atoms in total. The van der Waals surface area contributed by atoms with Gasteiger partial charge in [-0.1, -0.05) is 13.0 Å². The van der Waals surface area contributed by atoms with Crippen LogP contribution in [0.1, 0.15) is 28.6 Å². The SMILES string of the molecule is CCNCc1nc(-c2cc(C)c(C)cc2C)cs1. The van der Waals surface area contributed by atoms with Crippen molar-refractivity contribution in [2.24, 2.45) is 0 Å². The van der Waals surface area contributed by atoms with Crippen LogP contribution in [0.2, 0.25) is 0 Å². The number of rotatable bonds is 4. The van der Waals surface area contributed by atoms with Crippen LogP contribution in [-0.2, 0) is 6.54 Å². The second kappa shape index (κ2) is 5.63. The molecule has 3 heteroatoms. The smallest absolute Gasteiger partial charge is 0.107 e. The summed E-state index contributed by atoms with van der Waals surface area (Å²) in [5.41, 5.74) is 6.35. The fraction of sp³-hybridized carbons (Fsp3) is 0.400. The first-order chi connectivity index (χ1) is 8.61. The van der Waals surface area contributed by atoms with Crippen LogP contribution in [0.15, 0.2) is 17.5 Å². The van der Waals surface area contributed by atoms with Gasteiger partial charge in [-0.25, -0.2) is 4.98 Å². The average Bonchev–Trinajstić information content (AvgIpc) is 2.79. The first kappa shape index (κ1) is 13.2. The Morgan fingerprint density at radius 1 is 1.11 bits per heavy atom. The summed E-state index contributed by atoms with van der Waals surface area (Å²) in [6.45, 7) is 10.4. The molecule has 0 unspecified atom stereocenters. The molecule has 1 heterocycles. The van der Waals surface area contributed by atoms with Crippen molar-refractivity contribution in [1.29, 1.82) is 0 Å². The van der Waals surface area contributed by atoms with Crippen molar-refractivity contribution in [2.45, 2.75) is 34.2 Å². The Bertz CT molecular complexity index is 543. The molecule has 0 aliphatic carbocycles. The van der Waals surface area contributed by atoms with Crippen LogP contribution in [0.5, 0.6) is 0 Å². The average molecular weight is 260 g/mol. The van der Waals surface area contributed by atoms with E-state index in [2.05, 4.69) is 50.5 Å². The van der Waals surface area contributed by atoms with Gasteiger partial charge >= 0.3 is 0 Å². The van der Waals surface area contributed by atoms with Gasteiger partial charge in [0.1, 0.15) is 5.01 Å². The number of hydrogen-bond acceptors (Lipinski definition) is 3. The maximum atomic E-state index is 4.71. The number of nitrogens with zero attached hydrogens (tertiary/aromatic N) is 1. The van der Waals surface area contributed by atoms with Crippen molar-refractivity contribution in [3.8, 4) is 11.3 Å². The molecule has 0 spiro atoms. The predicted octanol–water partition coefficient (Wildman–Crippen LogP) is 3.84. The Morgan fingerprint density at radius 3 is 2.56 bits per heavy atom. The molecule has 0 aliphatic rings. The lowest BCUT2D eigenvalue weighted by molar-refractivity contribution is 0.723. The Balaban J connectivity index is 2.31.